The molecule has 24 heteroatoms. The molecule has 6 aromatic rings. The lowest BCUT2D eigenvalue weighted by molar-refractivity contribution is -0.151. The van der Waals surface area contributed by atoms with Gasteiger partial charge in [0.25, 0.3) is 29.5 Å². The van der Waals surface area contributed by atoms with Crippen LogP contribution in [0.1, 0.15) is 166 Å². The number of amides is 9. The van der Waals surface area contributed by atoms with Crippen molar-refractivity contribution in [1.82, 2.24) is 44.5 Å². The van der Waals surface area contributed by atoms with Gasteiger partial charge in [-0.25, -0.2) is 0 Å². The standard InChI is InChI=1S/2C26H29N3O5.C25H27N3O5/c2*1-27-24(30)10-9-22(26(27)32)29-16-21-20(25(29)31)3-2-4-23(21)34-17-19-7-5-18(6-8-19)15-28-11-13-33-14-12-28;29-23-9-8-21(24(30)26-23)28-15-20-19(25(28)31)2-1-3-22(20)33-16-18-6-4-17(5-7-18)14-27-10-12-32-13-11-27/h2*2-8,22H,9-17H2,1H3;1-7,21H,8-16H2,(H,26,29,30)/t22-;;/m0../s1/i2*10D2,11D2,12D2,13D2,14D2,16D2,22D;10D2,11D2,12D2,13D2. The minimum Gasteiger partial charge on any atom is -0.489 e. The second-order valence-electron chi connectivity index (χ2n) is 23.1. The van der Waals surface area contributed by atoms with E-state index >= 15 is 0 Å². The molecule has 0 radical (unpaired) electrons. The molecule has 6 fully saturated rings. The number of likely N-dealkylation sites (N-methyl/N-ethyl adjacent to an activating group) is 2. The zero-order valence-electron chi connectivity index (χ0n) is 87.7. The van der Waals surface area contributed by atoms with Gasteiger partial charge >= 0.3 is 0 Å². The normalized spacial score (nSPS) is 35.6. The number of rotatable bonds is 18. The van der Waals surface area contributed by atoms with Crippen molar-refractivity contribution < 1.29 is 118 Å². The molecule has 6 aromatic carbocycles. The average molecular weight is 1410 g/mol. The number of morpholine rings is 3. The van der Waals surface area contributed by atoms with Crippen LogP contribution in [-0.2, 0) is 102 Å². The molecule has 1 N–H and O–H groups in total. The summed E-state index contributed by atoms with van der Waals surface area (Å²) in [7, 11) is 1.91. The number of likely N-dealkylation sites (tertiary alicyclic amines) is 2. The largest absolute Gasteiger partial charge is 0.489 e. The van der Waals surface area contributed by atoms with Crippen LogP contribution in [-0.4, -0.2) is 203 Å². The van der Waals surface area contributed by atoms with E-state index in [1.54, 1.807) is 42.5 Å². The Hall–Kier alpha value is -9.69. The minimum atomic E-state index is -3.18. The highest BCUT2D eigenvalue weighted by Crippen LogP contribution is 2.38. The number of nitrogens with one attached hydrogen (secondary N) is 1. The van der Waals surface area contributed by atoms with E-state index in [9.17, 15) is 43.2 Å². The molecule has 0 aliphatic carbocycles. The molecule has 528 valence electrons. The molecule has 0 bridgehead atoms. The second-order valence-corrected chi connectivity index (χ2v) is 23.1. The number of carbonyl (C=O) groups excluding carboxylic acids is 9. The summed E-state index contributed by atoms with van der Waals surface area (Å²) in [6.07, 6.45) is -7.25. The van der Waals surface area contributed by atoms with Gasteiger partial charge in [0.05, 0.1) is 83.6 Å². The first-order valence-electron chi connectivity index (χ1n) is 48.1. The number of hydrogen-bond acceptors (Lipinski definition) is 18. The highest BCUT2D eigenvalue weighted by Gasteiger charge is 2.45. The predicted molar refractivity (Wildman–Crippen MR) is 367 cm³/mol. The third-order valence-electron chi connectivity index (χ3n) is 16.6. The van der Waals surface area contributed by atoms with Crippen molar-refractivity contribution >= 4 is 53.2 Å². The second kappa shape index (κ2) is 31.9. The first-order valence-corrected chi connectivity index (χ1v) is 31.1. The predicted octanol–water partition coefficient (Wildman–Crippen LogP) is 6.26. The van der Waals surface area contributed by atoms with Crippen molar-refractivity contribution in [3.05, 3.63) is 194 Å². The van der Waals surface area contributed by atoms with E-state index < -0.39 is 196 Å². The topological polar surface area (TPSA) is 247 Å². The number of nitrogens with zero attached hydrogens (tertiary/aromatic N) is 8. The Morgan fingerprint density at radius 3 is 1.14 bits per heavy atom. The Kier molecular flexibility index (Phi) is 12.5. The fourth-order valence-electron chi connectivity index (χ4n) is 11.3. The van der Waals surface area contributed by atoms with E-state index in [0.717, 1.165) is 14.1 Å². The summed E-state index contributed by atoms with van der Waals surface area (Å²) >= 11 is 0. The lowest BCUT2D eigenvalue weighted by Gasteiger charge is -2.33. The SMILES string of the molecule is [2H]C1([2H])CC([2H])(N2C(=O)c3cccc(OCc4ccc(CN5C([2H])([2H])C([2H])([2H])OC([2H])([2H])C5([2H])[2H])cc4)c3C2([2H])[2H])C(=O)N(C)C1=O.[2H]C1([2H])C[C@]([2H])(N2C(=O)c3cccc(OCc4ccc(CN5C([2H])([2H])C([2H])([2H])OC([2H])([2H])C5([2H])[2H])cc4)c3C2([2H])[2H])C(=O)N(C)C1=O.[2H]C1([2H])OC([2H])([2H])C([2H])([2H])N(Cc2ccc(COc3cccc4c3CN(C3CCC(=O)NC3=O)C4=O)cc2)C1([2H])[2H]. The van der Waals surface area contributed by atoms with E-state index in [1.165, 1.54) is 89.8 Å². The fourth-order valence-corrected chi connectivity index (χ4v) is 11.3. The van der Waals surface area contributed by atoms with Crippen molar-refractivity contribution in [1.29, 1.82) is 0 Å². The van der Waals surface area contributed by atoms with Gasteiger partial charge in [-0.2, -0.15) is 0 Å². The van der Waals surface area contributed by atoms with Crippen molar-refractivity contribution in [2.45, 2.75) is 116 Å². The zero-order chi connectivity index (χ0) is 101. The van der Waals surface area contributed by atoms with Crippen molar-refractivity contribution in [3.63, 3.8) is 0 Å². The Morgan fingerprint density at radius 2 is 0.772 bits per heavy atom. The number of piperidine rings is 3. The molecule has 0 spiro atoms. The van der Waals surface area contributed by atoms with Gasteiger partial charge in [0.1, 0.15) is 55.1 Å². The van der Waals surface area contributed by atoms with E-state index in [4.69, 9.17) is 60.8 Å². The smallest absolute Gasteiger partial charge is 0.255 e. The Balaban J connectivity index is 0.000000172. The lowest BCUT2D eigenvalue weighted by Crippen LogP contribution is -2.53. The van der Waals surface area contributed by atoms with Gasteiger partial charge in [-0.1, -0.05) is 91.0 Å². The van der Waals surface area contributed by atoms with Gasteiger partial charge in [0.2, 0.25) is 23.6 Å². The van der Waals surface area contributed by atoms with Crippen LogP contribution in [0, 0.1) is 0 Å². The van der Waals surface area contributed by atoms with Crippen LogP contribution in [0.15, 0.2) is 127 Å². The van der Waals surface area contributed by atoms with Crippen LogP contribution in [0.3, 0.4) is 0 Å². The molecule has 9 aliphatic heterocycles. The van der Waals surface area contributed by atoms with E-state index in [2.05, 4.69) is 19.5 Å². The highest BCUT2D eigenvalue weighted by atomic mass is 16.5. The minimum absolute atomic E-state index is 0.0909. The summed E-state index contributed by atoms with van der Waals surface area (Å²) in [4.78, 5) is 119. The Bertz CT molecular complexity index is 5490. The maximum absolute atomic E-state index is 13.5. The summed E-state index contributed by atoms with van der Waals surface area (Å²) in [6.45, 7) is -44.5. The summed E-state index contributed by atoms with van der Waals surface area (Å²) < 4.78 is 308. The molecule has 9 aliphatic rings. The Labute approximate surface area is 634 Å². The fraction of sp³-hybridized carbons (Fsp3) is 0.416. The third-order valence-corrected chi connectivity index (χ3v) is 16.6. The van der Waals surface area contributed by atoms with Crippen LogP contribution >= 0.6 is 0 Å². The van der Waals surface area contributed by atoms with Gasteiger partial charge in [-0.15, -0.1) is 0 Å². The molecule has 2 unspecified atom stereocenters. The van der Waals surface area contributed by atoms with Crippen LogP contribution in [0.2, 0.25) is 0 Å². The summed E-state index contributed by atoms with van der Waals surface area (Å²) in [6, 6.07) is 25.1. The summed E-state index contributed by atoms with van der Waals surface area (Å²) in [5, 5.41) is 2.27. The van der Waals surface area contributed by atoms with Crippen LogP contribution < -0.4 is 19.5 Å². The lowest BCUT2D eigenvalue weighted by atomic mass is 10.0. The molecule has 9 heterocycles. The van der Waals surface area contributed by atoms with Crippen LogP contribution in [0.25, 0.3) is 0 Å². The summed E-state index contributed by atoms with van der Waals surface area (Å²) in [5.41, 5.74) is 2.59. The monoisotopic (exact) mass is 1410 g/mol. The molecule has 101 heavy (non-hydrogen) atoms. The number of fused-ring (bicyclic) bond motifs is 3. The van der Waals surface area contributed by atoms with Crippen LogP contribution in [0.4, 0.5) is 0 Å². The Morgan fingerprint density at radius 1 is 0.436 bits per heavy atom. The zero-order valence-corrected chi connectivity index (χ0v) is 53.7. The maximum atomic E-state index is 13.5. The quantitative estimate of drug-likeness (QED) is 0.0933. The number of ether oxygens (including phenoxy) is 6. The van der Waals surface area contributed by atoms with Gasteiger partial charge in [0, 0.05) is 147 Å². The van der Waals surface area contributed by atoms with E-state index in [1.807, 2.05) is 0 Å². The van der Waals surface area contributed by atoms with Gasteiger partial charge in [-0.3, -0.25) is 73.0 Å². The molecule has 6 saturated heterocycles. The molecular weight excluding hydrogens is 1290 g/mol. The number of carbonyl (C=O) groups is 9. The molecule has 0 saturated carbocycles. The molecule has 15 rings (SSSR count). The first kappa shape index (κ1) is 39.5. The van der Waals surface area contributed by atoms with Gasteiger partial charge < -0.3 is 43.1 Å². The first-order chi connectivity index (χ1) is 61.7. The molecular formula is C77H85N9O15. The van der Waals surface area contributed by atoms with Gasteiger partial charge in [0.15, 0.2) is 0 Å². The van der Waals surface area contributed by atoms with Crippen molar-refractivity contribution in [2.75, 3.05) is 92.4 Å². The molecule has 3 atom stereocenters. The third kappa shape index (κ3) is 16.2. The molecule has 24 nitrogen and oxygen atoms in total. The van der Waals surface area contributed by atoms with Crippen molar-refractivity contribution in [3.8, 4) is 17.2 Å². The van der Waals surface area contributed by atoms with Crippen molar-refractivity contribution in [2.24, 2.45) is 0 Å². The maximum Gasteiger partial charge on any atom is 0.255 e. The molecule has 9 amide bonds. The summed E-state index contributed by atoms with van der Waals surface area (Å²) in [5.74, 6) is -8.08. The molecule has 0 aromatic heterocycles. The number of benzene rings is 6. The van der Waals surface area contributed by atoms with Crippen LogP contribution in [0.5, 0.6) is 17.2 Å². The number of imide groups is 3. The average Bonchev–Trinajstić information content (AvgIpc) is 1.70. The van der Waals surface area contributed by atoms with E-state index in [0.29, 0.717) is 73.4 Å². The highest BCUT2D eigenvalue weighted by molar-refractivity contribution is 6.08. The number of hydrogen-bond donors (Lipinski definition) is 1. The van der Waals surface area contributed by atoms with E-state index in [-0.39, 0.29) is 95.9 Å². The van der Waals surface area contributed by atoms with Gasteiger partial charge in [-0.05, 0) is 89.0 Å².